The molecule has 0 bridgehead atoms. The molecule has 1 aromatic heterocycles. The first kappa shape index (κ1) is 10.8. The van der Waals surface area contributed by atoms with Gasteiger partial charge < -0.3 is 0 Å². The van der Waals surface area contributed by atoms with Crippen LogP contribution in [0.3, 0.4) is 0 Å². The highest BCUT2D eigenvalue weighted by Crippen LogP contribution is 2.14. The predicted octanol–water partition coefficient (Wildman–Crippen LogP) is 3.39. The van der Waals surface area contributed by atoms with E-state index in [9.17, 15) is 0 Å². The number of aryl methyl sites for hydroxylation is 3. The van der Waals surface area contributed by atoms with Crippen LogP contribution >= 0.6 is 27.5 Å². The van der Waals surface area contributed by atoms with Gasteiger partial charge in [-0.05, 0) is 51.9 Å². The average molecular weight is 283 g/mol. The summed E-state index contributed by atoms with van der Waals surface area (Å²) in [5.74, 6) is 0. The number of aromatic nitrogens is 2. The normalized spacial score (nSPS) is 10.5. The van der Waals surface area contributed by atoms with Crippen LogP contribution < -0.4 is 0 Å². The van der Waals surface area contributed by atoms with Gasteiger partial charge in [-0.15, -0.1) is 0 Å². The Kier molecular flexibility index (Phi) is 3.49. The lowest BCUT2D eigenvalue weighted by atomic mass is 10.0. The Bertz CT molecular complexity index is 453. The maximum absolute atomic E-state index is 4.28. The smallest absolute Gasteiger partial charge is 0.209 e. The lowest BCUT2D eigenvalue weighted by Gasteiger charge is -2.02. The lowest BCUT2D eigenvalue weighted by Crippen LogP contribution is -1.93. The van der Waals surface area contributed by atoms with E-state index in [0.29, 0.717) is 4.73 Å². The monoisotopic (exact) mass is 282 g/mol. The molecule has 78 valence electrons. The molecule has 0 radical (unpaired) electrons. The van der Waals surface area contributed by atoms with E-state index >= 15 is 0 Å². The van der Waals surface area contributed by atoms with Gasteiger partial charge in [-0.1, -0.05) is 24.3 Å². The molecule has 2 rings (SSSR count). The molecule has 4 heteroatoms. The molecular formula is C11H11BrN2S. The summed E-state index contributed by atoms with van der Waals surface area (Å²) in [4.78, 5) is 4.28. The molecule has 15 heavy (non-hydrogen) atoms. The topological polar surface area (TPSA) is 25.8 Å². The molecule has 0 aliphatic heterocycles. The second-order valence-electron chi connectivity index (χ2n) is 3.38. The van der Waals surface area contributed by atoms with Crippen LogP contribution in [0, 0.1) is 6.92 Å². The Morgan fingerprint density at radius 2 is 2.07 bits per heavy atom. The second-order valence-corrected chi connectivity index (χ2v) is 4.93. The van der Waals surface area contributed by atoms with Crippen LogP contribution in [0.1, 0.15) is 16.1 Å². The van der Waals surface area contributed by atoms with E-state index in [1.165, 1.54) is 22.7 Å². The molecular weight excluding hydrogens is 272 g/mol. The molecule has 0 saturated heterocycles. The Morgan fingerprint density at radius 1 is 1.27 bits per heavy atom. The Balaban J connectivity index is 2.02. The van der Waals surface area contributed by atoms with Gasteiger partial charge in [0.2, 0.25) is 4.73 Å². The van der Waals surface area contributed by atoms with E-state index in [2.05, 4.69) is 56.5 Å². The van der Waals surface area contributed by atoms with Crippen molar-refractivity contribution in [2.75, 3.05) is 0 Å². The van der Waals surface area contributed by atoms with Crippen molar-refractivity contribution in [3.05, 3.63) is 45.1 Å². The number of hydrogen-bond acceptors (Lipinski definition) is 3. The van der Waals surface area contributed by atoms with Crippen molar-refractivity contribution < 1.29 is 0 Å². The Morgan fingerprint density at radius 3 is 2.73 bits per heavy atom. The van der Waals surface area contributed by atoms with Crippen LogP contribution in [-0.4, -0.2) is 9.36 Å². The predicted molar refractivity (Wildman–Crippen MR) is 66.2 cm³/mol. The van der Waals surface area contributed by atoms with E-state index in [1.807, 2.05) is 0 Å². The number of nitrogens with zero attached hydrogens (tertiary/aromatic N) is 2. The summed E-state index contributed by atoms with van der Waals surface area (Å²) < 4.78 is 4.80. The number of rotatable bonds is 3. The molecule has 1 heterocycles. The van der Waals surface area contributed by atoms with Crippen LogP contribution in [0.4, 0.5) is 0 Å². The molecule has 0 saturated carbocycles. The molecule has 0 aliphatic carbocycles. The van der Waals surface area contributed by atoms with E-state index in [-0.39, 0.29) is 0 Å². The summed E-state index contributed by atoms with van der Waals surface area (Å²) in [6.07, 6.45) is 2.00. The van der Waals surface area contributed by atoms with Crippen molar-refractivity contribution in [2.24, 2.45) is 0 Å². The van der Waals surface area contributed by atoms with E-state index in [0.717, 1.165) is 17.8 Å². The molecule has 0 unspecified atom stereocenters. The fourth-order valence-electron chi connectivity index (χ4n) is 1.47. The molecule has 0 amide bonds. The van der Waals surface area contributed by atoms with Crippen molar-refractivity contribution in [3.63, 3.8) is 0 Å². The minimum atomic E-state index is 0.701. The van der Waals surface area contributed by atoms with Crippen LogP contribution in [0.25, 0.3) is 0 Å². The third kappa shape index (κ3) is 2.86. The zero-order valence-corrected chi connectivity index (χ0v) is 10.8. The summed E-state index contributed by atoms with van der Waals surface area (Å²) in [6.45, 7) is 2.14. The molecule has 0 atom stereocenters. The third-order valence-electron chi connectivity index (χ3n) is 2.31. The lowest BCUT2D eigenvalue weighted by molar-refractivity contribution is 0.929. The van der Waals surface area contributed by atoms with E-state index in [1.54, 1.807) is 0 Å². The largest absolute Gasteiger partial charge is 0.214 e. The minimum Gasteiger partial charge on any atom is -0.214 e. The van der Waals surface area contributed by atoms with Gasteiger partial charge >= 0.3 is 0 Å². The molecule has 1 aromatic carbocycles. The highest BCUT2D eigenvalue weighted by molar-refractivity contribution is 9.10. The van der Waals surface area contributed by atoms with Gasteiger partial charge in [0.15, 0.2) is 0 Å². The summed E-state index contributed by atoms with van der Waals surface area (Å²) in [7, 11) is 0. The van der Waals surface area contributed by atoms with Crippen LogP contribution in [0.2, 0.25) is 0 Å². The summed E-state index contributed by atoms with van der Waals surface area (Å²) in [5.41, 5.74) is 2.74. The van der Waals surface area contributed by atoms with Crippen molar-refractivity contribution in [2.45, 2.75) is 19.8 Å². The van der Waals surface area contributed by atoms with Gasteiger partial charge in [0, 0.05) is 6.42 Å². The zero-order chi connectivity index (χ0) is 10.7. The number of halogens is 1. The van der Waals surface area contributed by atoms with Crippen molar-refractivity contribution in [1.82, 2.24) is 9.36 Å². The molecule has 0 spiro atoms. The van der Waals surface area contributed by atoms with Crippen LogP contribution in [0.5, 0.6) is 0 Å². The minimum absolute atomic E-state index is 0.701. The fourth-order valence-corrected chi connectivity index (χ4v) is 2.56. The maximum atomic E-state index is 4.28. The molecule has 2 aromatic rings. The van der Waals surface area contributed by atoms with Gasteiger partial charge in [-0.3, -0.25) is 0 Å². The van der Waals surface area contributed by atoms with E-state index in [4.69, 9.17) is 0 Å². The second kappa shape index (κ2) is 4.86. The van der Waals surface area contributed by atoms with E-state index < -0.39 is 0 Å². The van der Waals surface area contributed by atoms with Gasteiger partial charge in [-0.25, -0.2) is 4.98 Å². The fraction of sp³-hybridized carbons (Fsp3) is 0.273. The standard InChI is InChI=1S/C11H11BrN2S/c1-8-4-2-3-5-9(8)6-7-10-13-11(12)14-15-10/h2-5H,6-7H2,1H3. The van der Waals surface area contributed by atoms with Gasteiger partial charge in [-0.2, -0.15) is 4.37 Å². The molecule has 0 N–H and O–H groups in total. The Hall–Kier alpha value is -0.740. The summed E-state index contributed by atoms with van der Waals surface area (Å²) in [6, 6.07) is 8.47. The summed E-state index contributed by atoms with van der Waals surface area (Å²) in [5, 5.41) is 1.09. The average Bonchev–Trinajstić information content (AvgIpc) is 2.63. The van der Waals surface area contributed by atoms with Crippen molar-refractivity contribution >= 4 is 27.5 Å². The first-order chi connectivity index (χ1) is 7.25. The highest BCUT2D eigenvalue weighted by atomic mass is 79.9. The molecule has 2 nitrogen and oxygen atoms in total. The first-order valence-corrected chi connectivity index (χ1v) is 6.35. The Labute approximate surface area is 102 Å². The van der Waals surface area contributed by atoms with Crippen LogP contribution in [0.15, 0.2) is 29.0 Å². The highest BCUT2D eigenvalue weighted by Gasteiger charge is 2.03. The van der Waals surface area contributed by atoms with Gasteiger partial charge in [0.05, 0.1) is 0 Å². The van der Waals surface area contributed by atoms with Gasteiger partial charge in [0.25, 0.3) is 0 Å². The first-order valence-electron chi connectivity index (χ1n) is 4.78. The van der Waals surface area contributed by atoms with Gasteiger partial charge in [0.1, 0.15) is 5.01 Å². The number of hydrogen-bond donors (Lipinski definition) is 0. The molecule has 0 fully saturated rings. The van der Waals surface area contributed by atoms with Crippen LogP contribution in [-0.2, 0) is 12.8 Å². The summed E-state index contributed by atoms with van der Waals surface area (Å²) >= 11 is 4.73. The molecule has 0 aliphatic rings. The SMILES string of the molecule is Cc1ccccc1CCc1nc(Br)ns1. The zero-order valence-electron chi connectivity index (χ0n) is 8.40. The quantitative estimate of drug-likeness (QED) is 0.862. The van der Waals surface area contributed by atoms with Crippen molar-refractivity contribution in [1.29, 1.82) is 0 Å². The van der Waals surface area contributed by atoms with Crippen molar-refractivity contribution in [3.8, 4) is 0 Å². The maximum Gasteiger partial charge on any atom is 0.209 e. The third-order valence-corrected chi connectivity index (χ3v) is 3.67. The number of benzene rings is 1.